The molecule has 28 heavy (non-hydrogen) atoms. The van der Waals surface area contributed by atoms with Gasteiger partial charge in [-0.15, -0.1) is 0 Å². The zero-order valence-corrected chi connectivity index (χ0v) is 16.8. The van der Waals surface area contributed by atoms with Crippen LogP contribution in [0.3, 0.4) is 0 Å². The molecule has 0 spiro atoms. The largest absolute Gasteiger partial charge is 0.387 e. The van der Waals surface area contributed by atoms with Crippen molar-refractivity contribution in [1.29, 1.82) is 0 Å². The third-order valence-electron chi connectivity index (χ3n) is 4.23. The number of rotatable bonds is 6. The number of anilines is 3. The molecule has 0 aliphatic carbocycles. The third-order valence-corrected chi connectivity index (χ3v) is 4.98. The standard InChI is InChI=1S/C22H19ClN2O2S/c1-14-6-2-3-7-16(14)22(28)17-11-10-15(12-18(17)23)24-19-8-4-5-9-20(19)25-21(27)13-26/h2-12,24,26H,13H2,1H3,(H,25,27). The van der Waals surface area contributed by atoms with Gasteiger partial charge in [-0.25, -0.2) is 0 Å². The smallest absolute Gasteiger partial charge is 0.250 e. The maximum atomic E-state index is 11.5. The van der Waals surface area contributed by atoms with E-state index in [4.69, 9.17) is 28.9 Å². The molecule has 3 aromatic rings. The number of benzene rings is 3. The summed E-state index contributed by atoms with van der Waals surface area (Å²) in [5, 5.41) is 15.4. The number of carbonyl (C=O) groups is 1. The Balaban J connectivity index is 1.85. The van der Waals surface area contributed by atoms with Crippen LogP contribution >= 0.6 is 23.8 Å². The highest BCUT2D eigenvalue weighted by Gasteiger charge is 2.12. The minimum Gasteiger partial charge on any atom is -0.387 e. The van der Waals surface area contributed by atoms with Crippen molar-refractivity contribution in [3.05, 3.63) is 88.4 Å². The summed E-state index contributed by atoms with van der Waals surface area (Å²) in [7, 11) is 0. The molecule has 142 valence electrons. The van der Waals surface area contributed by atoms with Gasteiger partial charge in [0.2, 0.25) is 5.91 Å². The second-order valence-electron chi connectivity index (χ2n) is 6.22. The van der Waals surface area contributed by atoms with Gasteiger partial charge in [0.25, 0.3) is 0 Å². The molecular formula is C22H19ClN2O2S. The number of aliphatic hydroxyl groups is 1. The lowest BCUT2D eigenvalue weighted by molar-refractivity contribution is -0.118. The van der Waals surface area contributed by atoms with Gasteiger partial charge in [-0.1, -0.05) is 60.2 Å². The Morgan fingerprint density at radius 1 is 1.00 bits per heavy atom. The average molecular weight is 411 g/mol. The topological polar surface area (TPSA) is 61.4 Å². The fourth-order valence-corrected chi connectivity index (χ4v) is 3.53. The van der Waals surface area contributed by atoms with Gasteiger partial charge < -0.3 is 15.7 Å². The molecule has 3 aromatic carbocycles. The van der Waals surface area contributed by atoms with E-state index in [1.807, 2.05) is 55.5 Å². The van der Waals surface area contributed by atoms with Crippen molar-refractivity contribution in [2.75, 3.05) is 17.2 Å². The van der Waals surface area contributed by atoms with Crippen LogP contribution in [0.25, 0.3) is 0 Å². The summed E-state index contributed by atoms with van der Waals surface area (Å²) in [6.45, 7) is 1.44. The molecule has 0 saturated carbocycles. The summed E-state index contributed by atoms with van der Waals surface area (Å²) in [4.78, 5) is 12.2. The fraction of sp³-hybridized carbons (Fsp3) is 0.0909. The van der Waals surface area contributed by atoms with E-state index in [0.717, 1.165) is 22.4 Å². The molecule has 0 fully saturated rings. The van der Waals surface area contributed by atoms with Crippen molar-refractivity contribution in [1.82, 2.24) is 0 Å². The number of halogens is 1. The summed E-state index contributed by atoms with van der Waals surface area (Å²) >= 11 is 12.1. The molecule has 1 amide bonds. The molecule has 0 aliphatic heterocycles. The molecule has 0 heterocycles. The summed E-state index contributed by atoms with van der Waals surface area (Å²) in [6.07, 6.45) is 0. The SMILES string of the molecule is Cc1ccccc1C(=S)c1ccc(Nc2ccccc2NC(=O)CO)cc1Cl. The van der Waals surface area contributed by atoms with Crippen LogP contribution in [0.2, 0.25) is 5.02 Å². The molecule has 0 atom stereocenters. The number of aliphatic hydroxyl groups excluding tert-OH is 1. The number of nitrogens with one attached hydrogen (secondary N) is 2. The molecule has 0 aromatic heterocycles. The second-order valence-corrected chi connectivity index (χ2v) is 7.03. The van der Waals surface area contributed by atoms with Gasteiger partial charge >= 0.3 is 0 Å². The minimum atomic E-state index is -0.578. The van der Waals surface area contributed by atoms with Gasteiger partial charge in [0.05, 0.1) is 21.3 Å². The highest BCUT2D eigenvalue weighted by molar-refractivity contribution is 7.81. The summed E-state index contributed by atoms with van der Waals surface area (Å²) < 4.78 is 0. The Kier molecular flexibility index (Phi) is 6.41. The Morgan fingerprint density at radius 3 is 2.36 bits per heavy atom. The Bertz CT molecular complexity index is 1040. The first kappa shape index (κ1) is 20.0. The third kappa shape index (κ3) is 4.57. The Labute approximate surface area is 174 Å². The van der Waals surface area contributed by atoms with E-state index in [1.54, 1.807) is 18.2 Å². The van der Waals surface area contributed by atoms with Crippen LogP contribution in [-0.2, 0) is 4.79 Å². The molecule has 0 saturated heterocycles. The summed E-state index contributed by atoms with van der Waals surface area (Å²) in [5.41, 5.74) is 4.88. The van der Waals surface area contributed by atoms with Gasteiger partial charge in [0.1, 0.15) is 6.61 Å². The van der Waals surface area contributed by atoms with Gasteiger partial charge in [-0.3, -0.25) is 4.79 Å². The van der Waals surface area contributed by atoms with Crippen LogP contribution in [0.15, 0.2) is 66.7 Å². The summed E-state index contributed by atoms with van der Waals surface area (Å²) in [6, 6.07) is 20.7. The zero-order valence-electron chi connectivity index (χ0n) is 15.2. The highest BCUT2D eigenvalue weighted by Crippen LogP contribution is 2.29. The van der Waals surface area contributed by atoms with Crippen molar-refractivity contribution in [3.63, 3.8) is 0 Å². The number of hydrogen-bond acceptors (Lipinski definition) is 4. The van der Waals surface area contributed by atoms with Crippen LogP contribution in [0.4, 0.5) is 17.1 Å². The van der Waals surface area contributed by atoms with E-state index >= 15 is 0 Å². The van der Waals surface area contributed by atoms with E-state index < -0.39 is 12.5 Å². The molecule has 4 nitrogen and oxygen atoms in total. The molecule has 3 N–H and O–H groups in total. The number of carbonyl (C=O) groups excluding carboxylic acids is 1. The number of amides is 1. The van der Waals surface area contributed by atoms with Crippen molar-refractivity contribution in [3.8, 4) is 0 Å². The maximum Gasteiger partial charge on any atom is 0.250 e. The minimum absolute atomic E-state index is 0.480. The Hall–Kier alpha value is -2.73. The quantitative estimate of drug-likeness (QED) is 0.391. The maximum absolute atomic E-state index is 11.5. The zero-order chi connectivity index (χ0) is 20.1. The van der Waals surface area contributed by atoms with Crippen LogP contribution in [0.1, 0.15) is 16.7 Å². The molecule has 0 unspecified atom stereocenters. The average Bonchev–Trinajstić information content (AvgIpc) is 2.69. The van der Waals surface area contributed by atoms with Crippen LogP contribution in [0.5, 0.6) is 0 Å². The molecule has 0 bridgehead atoms. The van der Waals surface area contributed by atoms with Crippen LogP contribution in [-0.4, -0.2) is 22.5 Å². The lowest BCUT2D eigenvalue weighted by Crippen LogP contribution is -2.16. The Morgan fingerprint density at radius 2 is 1.68 bits per heavy atom. The molecular weight excluding hydrogens is 392 g/mol. The fourth-order valence-electron chi connectivity index (χ4n) is 2.80. The monoisotopic (exact) mass is 410 g/mol. The van der Waals surface area contributed by atoms with Crippen molar-refractivity contribution in [2.45, 2.75) is 6.92 Å². The van der Waals surface area contributed by atoms with Crippen molar-refractivity contribution >= 4 is 51.7 Å². The summed E-state index contributed by atoms with van der Waals surface area (Å²) in [5.74, 6) is -0.480. The molecule has 0 aliphatic rings. The van der Waals surface area contributed by atoms with Gasteiger partial charge in [0, 0.05) is 11.3 Å². The van der Waals surface area contributed by atoms with Crippen LogP contribution < -0.4 is 10.6 Å². The molecule has 6 heteroatoms. The van der Waals surface area contributed by atoms with E-state index in [0.29, 0.717) is 21.3 Å². The second kappa shape index (κ2) is 8.97. The first-order chi connectivity index (χ1) is 13.5. The lowest BCUT2D eigenvalue weighted by Gasteiger charge is -2.14. The predicted molar refractivity (Wildman–Crippen MR) is 119 cm³/mol. The van der Waals surface area contributed by atoms with Gasteiger partial charge in [-0.2, -0.15) is 0 Å². The normalized spacial score (nSPS) is 10.4. The van der Waals surface area contributed by atoms with E-state index in [2.05, 4.69) is 10.6 Å². The predicted octanol–water partition coefficient (Wildman–Crippen LogP) is 5.09. The van der Waals surface area contributed by atoms with Crippen molar-refractivity contribution in [2.24, 2.45) is 0 Å². The lowest BCUT2D eigenvalue weighted by atomic mass is 10.00. The van der Waals surface area contributed by atoms with Crippen molar-refractivity contribution < 1.29 is 9.90 Å². The van der Waals surface area contributed by atoms with E-state index in [9.17, 15) is 4.79 Å². The first-order valence-electron chi connectivity index (χ1n) is 8.66. The number of hydrogen-bond donors (Lipinski definition) is 3. The highest BCUT2D eigenvalue weighted by atomic mass is 35.5. The van der Waals surface area contributed by atoms with E-state index in [-0.39, 0.29) is 0 Å². The number of para-hydroxylation sites is 2. The molecule has 3 rings (SSSR count). The molecule has 0 radical (unpaired) electrons. The van der Waals surface area contributed by atoms with E-state index in [1.165, 1.54) is 0 Å². The number of thiocarbonyl (C=S) groups is 1. The van der Waals surface area contributed by atoms with Gasteiger partial charge in [-0.05, 0) is 48.4 Å². The number of aryl methyl sites for hydroxylation is 1. The van der Waals surface area contributed by atoms with Gasteiger partial charge in [0.15, 0.2) is 0 Å². The first-order valence-corrected chi connectivity index (χ1v) is 9.45. The van der Waals surface area contributed by atoms with Crippen LogP contribution in [0, 0.1) is 6.92 Å².